The molecule has 0 atom stereocenters. The Kier molecular flexibility index (Phi) is 11.6. The van der Waals surface area contributed by atoms with Crippen molar-refractivity contribution in [3.05, 3.63) is 35.9 Å². The molecule has 0 radical (unpaired) electrons. The summed E-state index contributed by atoms with van der Waals surface area (Å²) in [6.45, 7) is 2.59. The summed E-state index contributed by atoms with van der Waals surface area (Å²) in [6, 6.07) is 9.38. The molecule has 0 saturated carbocycles. The molecule has 128 valence electrons. The Morgan fingerprint density at radius 3 is 2.30 bits per heavy atom. The number of nitrogens with one attached hydrogen (secondary N) is 1. The summed E-state index contributed by atoms with van der Waals surface area (Å²) in [5, 5.41) is 0. The maximum absolute atomic E-state index is 11.5. The number of hydrogen-bond donors (Lipinski definition) is 1. The molecule has 7 heteroatoms. The predicted octanol–water partition coefficient (Wildman–Crippen LogP) is 0.526. The van der Waals surface area contributed by atoms with Crippen molar-refractivity contribution in [2.24, 2.45) is 0 Å². The first-order valence-electron chi connectivity index (χ1n) is 7.46. The van der Waals surface area contributed by atoms with Gasteiger partial charge in [-0.1, -0.05) is 30.3 Å². The highest BCUT2D eigenvalue weighted by molar-refractivity contribution is 5.72. The molecule has 1 N–H and O–H groups in total. The second-order valence-electron chi connectivity index (χ2n) is 4.50. The molecule has 0 bridgehead atoms. The van der Waals surface area contributed by atoms with Crippen LogP contribution < -0.4 is 5.48 Å². The molecule has 7 nitrogen and oxygen atoms in total. The number of aldehydes is 1. The standard InChI is InChI=1S/C16H23NO6/c18-7-9-21-11-13-22-12-10-20-8-6-17-23-16(19)14-15-4-2-1-3-5-15/h1-5,7,17H,6,8-14H2. The van der Waals surface area contributed by atoms with Crippen molar-refractivity contribution in [3.63, 3.8) is 0 Å². The molecular formula is C16H23NO6. The van der Waals surface area contributed by atoms with E-state index in [1.807, 2.05) is 30.3 Å². The van der Waals surface area contributed by atoms with Gasteiger partial charge in [-0.2, -0.15) is 5.48 Å². The van der Waals surface area contributed by atoms with Gasteiger partial charge in [-0.05, 0) is 5.56 Å². The van der Waals surface area contributed by atoms with Crippen LogP contribution in [0.25, 0.3) is 0 Å². The number of carbonyl (C=O) groups excluding carboxylic acids is 2. The molecule has 0 aliphatic heterocycles. The zero-order chi connectivity index (χ0) is 16.6. The van der Waals surface area contributed by atoms with Crippen molar-refractivity contribution in [1.82, 2.24) is 5.48 Å². The molecule has 0 heterocycles. The van der Waals surface area contributed by atoms with Crippen molar-refractivity contribution in [2.75, 3.05) is 46.2 Å². The van der Waals surface area contributed by atoms with Crippen LogP contribution in [0, 0.1) is 0 Å². The third-order valence-corrected chi connectivity index (χ3v) is 2.66. The minimum absolute atomic E-state index is 0.0918. The van der Waals surface area contributed by atoms with Gasteiger partial charge >= 0.3 is 5.97 Å². The Bertz CT molecular complexity index is 426. The van der Waals surface area contributed by atoms with Gasteiger partial charge in [0.15, 0.2) is 0 Å². The molecule has 0 unspecified atom stereocenters. The smallest absolute Gasteiger partial charge is 0.329 e. The molecule has 0 aliphatic rings. The van der Waals surface area contributed by atoms with Crippen molar-refractivity contribution in [2.45, 2.75) is 6.42 Å². The van der Waals surface area contributed by atoms with Gasteiger partial charge in [0.05, 0.1) is 46.0 Å². The highest BCUT2D eigenvalue weighted by Crippen LogP contribution is 1.99. The highest BCUT2D eigenvalue weighted by Gasteiger charge is 2.03. The van der Waals surface area contributed by atoms with Crippen molar-refractivity contribution in [1.29, 1.82) is 0 Å². The predicted molar refractivity (Wildman–Crippen MR) is 82.8 cm³/mol. The van der Waals surface area contributed by atoms with Gasteiger partial charge in [0.25, 0.3) is 0 Å². The summed E-state index contributed by atoms with van der Waals surface area (Å²) < 4.78 is 15.4. The number of benzene rings is 1. The third-order valence-electron chi connectivity index (χ3n) is 2.66. The molecule has 0 aliphatic carbocycles. The number of hydrogen-bond acceptors (Lipinski definition) is 7. The van der Waals surface area contributed by atoms with E-state index in [1.165, 1.54) is 0 Å². The lowest BCUT2D eigenvalue weighted by Crippen LogP contribution is -2.25. The van der Waals surface area contributed by atoms with Gasteiger partial charge in [-0.15, -0.1) is 0 Å². The molecule has 0 fully saturated rings. The second kappa shape index (κ2) is 13.8. The van der Waals surface area contributed by atoms with E-state index >= 15 is 0 Å². The van der Waals surface area contributed by atoms with E-state index < -0.39 is 0 Å². The highest BCUT2D eigenvalue weighted by atomic mass is 16.7. The largest absolute Gasteiger partial charge is 0.378 e. The van der Waals surface area contributed by atoms with Crippen molar-refractivity contribution >= 4 is 12.3 Å². The molecule has 1 aromatic carbocycles. The van der Waals surface area contributed by atoms with Gasteiger partial charge in [0, 0.05) is 0 Å². The number of hydroxylamine groups is 1. The number of carbonyl (C=O) groups is 2. The van der Waals surface area contributed by atoms with Crippen LogP contribution in [-0.2, 0) is 35.1 Å². The van der Waals surface area contributed by atoms with E-state index in [0.717, 1.165) is 5.56 Å². The maximum atomic E-state index is 11.5. The van der Waals surface area contributed by atoms with E-state index in [9.17, 15) is 9.59 Å². The Labute approximate surface area is 135 Å². The summed E-state index contributed by atoms with van der Waals surface area (Å²) in [7, 11) is 0. The fraction of sp³-hybridized carbons (Fsp3) is 0.500. The Morgan fingerprint density at radius 1 is 0.957 bits per heavy atom. The zero-order valence-corrected chi connectivity index (χ0v) is 13.1. The van der Waals surface area contributed by atoms with Gasteiger partial charge in [-0.25, -0.2) is 0 Å². The summed E-state index contributed by atoms with van der Waals surface area (Å²) in [5.74, 6) is -0.338. The van der Waals surface area contributed by atoms with Crippen molar-refractivity contribution < 1.29 is 28.6 Å². The van der Waals surface area contributed by atoms with Crippen LogP contribution in [0.3, 0.4) is 0 Å². The zero-order valence-electron chi connectivity index (χ0n) is 13.1. The Balaban J connectivity index is 1.84. The quantitative estimate of drug-likeness (QED) is 0.303. The van der Waals surface area contributed by atoms with Gasteiger partial charge in [0.2, 0.25) is 0 Å². The fourth-order valence-electron chi connectivity index (χ4n) is 1.62. The second-order valence-corrected chi connectivity index (χ2v) is 4.50. The van der Waals surface area contributed by atoms with Crippen molar-refractivity contribution in [3.8, 4) is 0 Å². The van der Waals surface area contributed by atoms with E-state index in [4.69, 9.17) is 19.0 Å². The molecule has 1 rings (SSSR count). The van der Waals surface area contributed by atoms with E-state index in [2.05, 4.69) is 5.48 Å². The number of ether oxygens (including phenoxy) is 3. The molecule has 0 amide bonds. The lowest BCUT2D eigenvalue weighted by atomic mass is 10.2. The molecule has 23 heavy (non-hydrogen) atoms. The SMILES string of the molecule is O=CCOCCOCCOCCNOC(=O)Cc1ccccc1. The topological polar surface area (TPSA) is 83.1 Å². The van der Waals surface area contributed by atoms with E-state index in [0.29, 0.717) is 45.9 Å². The minimum atomic E-state index is -0.338. The number of rotatable bonds is 14. The van der Waals surface area contributed by atoms with Gasteiger partial charge < -0.3 is 23.8 Å². The lowest BCUT2D eigenvalue weighted by Gasteiger charge is -2.07. The van der Waals surface area contributed by atoms with Crippen LogP contribution in [0.15, 0.2) is 30.3 Å². The summed E-state index contributed by atoms with van der Waals surface area (Å²) in [4.78, 5) is 26.4. The van der Waals surface area contributed by atoms with Crippen LogP contribution in [0.5, 0.6) is 0 Å². The minimum Gasteiger partial charge on any atom is -0.378 e. The van der Waals surface area contributed by atoms with Gasteiger partial charge in [-0.3, -0.25) is 4.79 Å². The normalized spacial score (nSPS) is 10.4. The van der Waals surface area contributed by atoms with Crippen LogP contribution in [0.4, 0.5) is 0 Å². The van der Waals surface area contributed by atoms with Crippen LogP contribution >= 0.6 is 0 Å². The molecule has 0 spiro atoms. The molecule has 0 aromatic heterocycles. The maximum Gasteiger partial charge on any atom is 0.329 e. The first kappa shape index (κ1) is 19.2. The summed E-state index contributed by atoms with van der Waals surface area (Å²) in [6.07, 6.45) is 0.928. The molecule has 1 aromatic rings. The summed E-state index contributed by atoms with van der Waals surface area (Å²) >= 11 is 0. The lowest BCUT2D eigenvalue weighted by molar-refractivity contribution is -0.150. The molecule has 0 saturated heterocycles. The first-order chi connectivity index (χ1) is 11.3. The first-order valence-corrected chi connectivity index (χ1v) is 7.46. The monoisotopic (exact) mass is 325 g/mol. The third kappa shape index (κ3) is 11.4. The summed E-state index contributed by atoms with van der Waals surface area (Å²) in [5.41, 5.74) is 3.47. The van der Waals surface area contributed by atoms with Crippen LogP contribution in [0.1, 0.15) is 5.56 Å². The average Bonchev–Trinajstić information content (AvgIpc) is 2.57. The average molecular weight is 325 g/mol. The van der Waals surface area contributed by atoms with E-state index in [-0.39, 0.29) is 19.0 Å². The fourth-order valence-corrected chi connectivity index (χ4v) is 1.62. The van der Waals surface area contributed by atoms with Gasteiger partial charge in [0.1, 0.15) is 12.9 Å². The Hall–Kier alpha value is -1.80. The van der Waals surface area contributed by atoms with Crippen LogP contribution in [0.2, 0.25) is 0 Å². The van der Waals surface area contributed by atoms with Crippen LogP contribution in [-0.4, -0.2) is 58.4 Å². The Morgan fingerprint density at radius 2 is 1.61 bits per heavy atom. The van der Waals surface area contributed by atoms with E-state index in [1.54, 1.807) is 0 Å². The molecular weight excluding hydrogens is 302 g/mol.